The van der Waals surface area contributed by atoms with Gasteiger partial charge in [-0.2, -0.15) is 5.10 Å². The highest BCUT2D eigenvalue weighted by Crippen LogP contribution is 2.29. The molecule has 0 saturated heterocycles. The van der Waals surface area contributed by atoms with E-state index in [0.29, 0.717) is 10.0 Å². The lowest BCUT2D eigenvalue weighted by atomic mass is 10.1. The molecule has 4 nitrogen and oxygen atoms in total. The molecule has 1 amide bonds. The van der Waals surface area contributed by atoms with Gasteiger partial charge in [-0.05, 0) is 33.6 Å². The van der Waals surface area contributed by atoms with Crippen molar-refractivity contribution >= 4 is 44.0 Å². The number of hydrogen-bond donors (Lipinski definition) is 2. The number of aromatic hydroxyl groups is 1. The van der Waals surface area contributed by atoms with Crippen molar-refractivity contribution in [2.75, 3.05) is 0 Å². The maximum absolute atomic E-state index is 11.7. The average molecular weight is 412 g/mol. The fourth-order valence-electron chi connectivity index (χ4n) is 1.65. The van der Waals surface area contributed by atoms with Crippen LogP contribution in [0.2, 0.25) is 0 Å². The zero-order valence-electron chi connectivity index (χ0n) is 10.9. The van der Waals surface area contributed by atoms with Gasteiger partial charge in [-0.1, -0.05) is 46.3 Å². The van der Waals surface area contributed by atoms with Gasteiger partial charge in [0.15, 0.2) is 0 Å². The second-order valence-electron chi connectivity index (χ2n) is 4.28. The van der Waals surface area contributed by atoms with Gasteiger partial charge in [0.05, 0.1) is 17.1 Å². The first-order valence-corrected chi connectivity index (χ1v) is 7.68. The van der Waals surface area contributed by atoms with E-state index in [4.69, 9.17) is 0 Å². The Morgan fingerprint density at radius 1 is 1.19 bits per heavy atom. The summed E-state index contributed by atoms with van der Waals surface area (Å²) in [4.78, 5) is 11.7. The van der Waals surface area contributed by atoms with Crippen molar-refractivity contribution in [3.63, 3.8) is 0 Å². The Hall–Kier alpha value is -1.66. The molecule has 0 radical (unpaired) electrons. The number of carbonyl (C=O) groups is 1. The van der Waals surface area contributed by atoms with Crippen molar-refractivity contribution in [2.24, 2.45) is 5.10 Å². The number of carbonyl (C=O) groups excluding carboxylic acids is 1. The number of phenols is 1. The summed E-state index contributed by atoms with van der Waals surface area (Å²) < 4.78 is 1.34. The largest absolute Gasteiger partial charge is 0.507 e. The molecular formula is C15H12Br2N2O2. The standard InChI is InChI=1S/C15H12Br2N2O2/c16-12-8-13(17)14(20)7-11(12)9-18-19-15(21)6-10-4-2-1-3-5-10/h1-5,7-9,20H,6H2,(H,19,21)/b18-9+. The van der Waals surface area contributed by atoms with Gasteiger partial charge in [-0.25, -0.2) is 5.43 Å². The SMILES string of the molecule is O=C(Cc1ccccc1)N/N=C/c1cc(O)c(Br)cc1Br. The normalized spacial score (nSPS) is 10.8. The summed E-state index contributed by atoms with van der Waals surface area (Å²) in [5, 5.41) is 13.5. The smallest absolute Gasteiger partial charge is 0.244 e. The Morgan fingerprint density at radius 3 is 2.62 bits per heavy atom. The van der Waals surface area contributed by atoms with E-state index in [-0.39, 0.29) is 18.1 Å². The quantitative estimate of drug-likeness (QED) is 0.596. The molecule has 0 bridgehead atoms. The van der Waals surface area contributed by atoms with E-state index in [0.717, 1.165) is 10.0 Å². The minimum Gasteiger partial charge on any atom is -0.507 e. The van der Waals surface area contributed by atoms with Crippen LogP contribution in [-0.2, 0) is 11.2 Å². The van der Waals surface area contributed by atoms with Crippen LogP contribution in [0.25, 0.3) is 0 Å². The van der Waals surface area contributed by atoms with Crippen LogP contribution in [0.1, 0.15) is 11.1 Å². The minimum atomic E-state index is -0.199. The van der Waals surface area contributed by atoms with Crippen molar-refractivity contribution in [3.8, 4) is 5.75 Å². The molecule has 0 aliphatic heterocycles. The number of nitrogens with zero attached hydrogens (tertiary/aromatic N) is 1. The highest BCUT2D eigenvalue weighted by atomic mass is 79.9. The summed E-state index contributed by atoms with van der Waals surface area (Å²) >= 11 is 6.57. The zero-order chi connectivity index (χ0) is 15.2. The number of benzene rings is 2. The second-order valence-corrected chi connectivity index (χ2v) is 5.99. The predicted molar refractivity (Wildman–Crippen MR) is 89.4 cm³/mol. The van der Waals surface area contributed by atoms with Gasteiger partial charge in [-0.3, -0.25) is 4.79 Å². The molecule has 0 aromatic heterocycles. The van der Waals surface area contributed by atoms with Crippen molar-refractivity contribution in [1.82, 2.24) is 5.43 Å². The van der Waals surface area contributed by atoms with E-state index >= 15 is 0 Å². The van der Waals surface area contributed by atoms with Gasteiger partial charge >= 0.3 is 0 Å². The maximum Gasteiger partial charge on any atom is 0.244 e. The van der Waals surface area contributed by atoms with Gasteiger partial charge in [0.1, 0.15) is 5.75 Å². The summed E-state index contributed by atoms with van der Waals surface area (Å²) in [6.07, 6.45) is 1.74. The zero-order valence-corrected chi connectivity index (χ0v) is 14.1. The summed E-state index contributed by atoms with van der Waals surface area (Å²) in [5.41, 5.74) is 4.04. The van der Waals surface area contributed by atoms with Gasteiger partial charge in [0.2, 0.25) is 5.91 Å². The molecule has 2 N–H and O–H groups in total. The number of nitrogens with one attached hydrogen (secondary N) is 1. The average Bonchev–Trinajstić information content (AvgIpc) is 2.45. The predicted octanol–water partition coefficient (Wildman–Crippen LogP) is 3.61. The molecule has 0 fully saturated rings. The lowest BCUT2D eigenvalue weighted by Gasteiger charge is -2.03. The van der Waals surface area contributed by atoms with Crippen molar-refractivity contribution < 1.29 is 9.90 Å². The summed E-state index contributed by atoms with van der Waals surface area (Å²) in [5.74, 6) is -0.0924. The van der Waals surface area contributed by atoms with Gasteiger partial charge in [-0.15, -0.1) is 0 Å². The Labute approximate surface area is 139 Å². The Bertz CT molecular complexity index is 673. The molecule has 6 heteroatoms. The first-order chi connectivity index (χ1) is 10.1. The van der Waals surface area contributed by atoms with Crippen LogP contribution in [0.5, 0.6) is 5.75 Å². The molecule has 0 spiro atoms. The van der Waals surface area contributed by atoms with Crippen molar-refractivity contribution in [2.45, 2.75) is 6.42 Å². The third kappa shape index (κ3) is 4.68. The summed E-state index contributed by atoms with van der Waals surface area (Å²) in [6, 6.07) is 12.7. The molecule has 2 aromatic rings. The molecule has 0 aliphatic carbocycles. The number of amides is 1. The van der Waals surface area contributed by atoms with Crippen LogP contribution in [0.3, 0.4) is 0 Å². The maximum atomic E-state index is 11.7. The van der Waals surface area contributed by atoms with E-state index in [1.807, 2.05) is 30.3 Å². The van der Waals surface area contributed by atoms with Gasteiger partial charge < -0.3 is 5.11 Å². The molecule has 2 aromatic carbocycles. The fraction of sp³-hybridized carbons (Fsp3) is 0.0667. The van der Waals surface area contributed by atoms with Crippen LogP contribution in [0, 0.1) is 0 Å². The monoisotopic (exact) mass is 410 g/mol. The molecule has 0 unspecified atom stereocenters. The molecule has 0 heterocycles. The topological polar surface area (TPSA) is 61.7 Å². The highest BCUT2D eigenvalue weighted by molar-refractivity contribution is 9.11. The van der Waals surface area contributed by atoms with Gasteiger partial charge in [0.25, 0.3) is 0 Å². The molecule has 21 heavy (non-hydrogen) atoms. The number of phenolic OH excluding ortho intramolecular Hbond substituents is 1. The van der Waals surface area contributed by atoms with Gasteiger partial charge in [0, 0.05) is 10.0 Å². The highest BCUT2D eigenvalue weighted by Gasteiger charge is 2.04. The summed E-state index contributed by atoms with van der Waals surface area (Å²) in [7, 11) is 0. The first-order valence-electron chi connectivity index (χ1n) is 6.10. The Kier molecular flexibility index (Phi) is 5.52. The number of hydrogen-bond acceptors (Lipinski definition) is 3. The fourth-order valence-corrected chi connectivity index (χ4v) is 2.74. The van der Waals surface area contributed by atoms with Crippen LogP contribution in [0.4, 0.5) is 0 Å². The second kappa shape index (κ2) is 7.38. The first kappa shape index (κ1) is 15.7. The van der Waals surface area contributed by atoms with Crippen molar-refractivity contribution in [1.29, 1.82) is 0 Å². The number of hydrazone groups is 1. The summed E-state index contributed by atoms with van der Waals surface area (Å²) in [6.45, 7) is 0. The van der Waals surface area contributed by atoms with Crippen molar-refractivity contribution in [3.05, 3.63) is 62.5 Å². The van der Waals surface area contributed by atoms with Crippen LogP contribution in [-0.4, -0.2) is 17.2 Å². The molecular weight excluding hydrogens is 400 g/mol. The molecule has 2 rings (SSSR count). The van der Waals surface area contributed by atoms with E-state index in [9.17, 15) is 9.90 Å². The Balaban J connectivity index is 1.96. The lowest BCUT2D eigenvalue weighted by molar-refractivity contribution is -0.120. The van der Waals surface area contributed by atoms with E-state index in [1.54, 1.807) is 12.1 Å². The minimum absolute atomic E-state index is 0.107. The Morgan fingerprint density at radius 2 is 1.90 bits per heavy atom. The number of rotatable bonds is 4. The van der Waals surface area contributed by atoms with E-state index in [1.165, 1.54) is 6.21 Å². The van der Waals surface area contributed by atoms with Crippen LogP contribution in [0.15, 0.2) is 56.5 Å². The third-order valence-electron chi connectivity index (χ3n) is 2.67. The third-order valence-corrected chi connectivity index (χ3v) is 3.99. The van der Waals surface area contributed by atoms with Crippen LogP contribution >= 0.6 is 31.9 Å². The van der Waals surface area contributed by atoms with E-state index < -0.39 is 0 Å². The van der Waals surface area contributed by atoms with E-state index in [2.05, 4.69) is 42.4 Å². The molecule has 0 atom stereocenters. The molecule has 0 saturated carbocycles. The molecule has 0 aliphatic rings. The molecule has 108 valence electrons. The number of halogens is 2. The lowest BCUT2D eigenvalue weighted by Crippen LogP contribution is -2.19. The van der Waals surface area contributed by atoms with Crippen LogP contribution < -0.4 is 5.43 Å².